The highest BCUT2D eigenvalue weighted by molar-refractivity contribution is 5.87. The molecule has 0 aliphatic carbocycles. The number of ether oxygens (including phenoxy) is 2. The zero-order chi connectivity index (χ0) is 31.2. The lowest BCUT2D eigenvalue weighted by molar-refractivity contribution is -0.155. The van der Waals surface area contributed by atoms with Crippen LogP contribution in [0.25, 0.3) is 0 Å². The van der Waals surface area contributed by atoms with Gasteiger partial charge in [-0.1, -0.05) is 13.2 Å². The molecule has 4 unspecified atom stereocenters. The standard InChI is InChI=1S/C24H36N2O14/c1-13(2)23(37)39-11-15(10-27)26(18(22(35)36)8-20(31)32)6-5-25(17(21(33)34)7-19(29)30)9-16(28)12-40-24(38)14(3)4/h15-18,27-28H,1,3,5-12H2,2,4H3,(H,29,30)(H,31,32)(H,33,34)(H,35,36). The summed E-state index contributed by atoms with van der Waals surface area (Å²) in [7, 11) is 0. The molecule has 0 spiro atoms. The number of nitrogens with zero attached hydrogens (tertiary/aromatic N) is 2. The van der Waals surface area contributed by atoms with Crippen LogP contribution < -0.4 is 0 Å². The van der Waals surface area contributed by atoms with Crippen LogP contribution in [0.5, 0.6) is 0 Å². The molecule has 16 heteroatoms. The summed E-state index contributed by atoms with van der Waals surface area (Å²) in [6.07, 6.45) is -3.42. The highest BCUT2D eigenvalue weighted by atomic mass is 16.5. The van der Waals surface area contributed by atoms with E-state index in [1.54, 1.807) is 0 Å². The van der Waals surface area contributed by atoms with E-state index in [4.69, 9.17) is 9.47 Å². The van der Waals surface area contributed by atoms with Crippen molar-refractivity contribution in [3.05, 3.63) is 24.3 Å². The molecular formula is C24H36N2O14. The molecule has 0 bridgehead atoms. The first-order chi connectivity index (χ1) is 18.5. The maximum absolute atomic E-state index is 12.0. The first kappa shape index (κ1) is 36.1. The van der Waals surface area contributed by atoms with Gasteiger partial charge in [0, 0.05) is 30.8 Å². The maximum atomic E-state index is 12.0. The molecule has 6 N–H and O–H groups in total. The lowest BCUT2D eigenvalue weighted by atomic mass is 10.1. The van der Waals surface area contributed by atoms with Gasteiger partial charge in [-0.05, 0) is 13.8 Å². The molecule has 0 saturated heterocycles. The number of carboxylic acid groups (broad SMARTS) is 4. The largest absolute Gasteiger partial charge is 0.481 e. The second-order valence-corrected chi connectivity index (χ2v) is 8.88. The van der Waals surface area contributed by atoms with Gasteiger partial charge in [0.05, 0.1) is 25.5 Å². The van der Waals surface area contributed by atoms with Crippen LogP contribution in [0, 0.1) is 0 Å². The van der Waals surface area contributed by atoms with Gasteiger partial charge in [0.15, 0.2) is 0 Å². The average Bonchev–Trinajstić information content (AvgIpc) is 2.84. The number of hydrogen-bond donors (Lipinski definition) is 6. The Morgan fingerprint density at radius 3 is 1.60 bits per heavy atom. The fourth-order valence-corrected chi connectivity index (χ4v) is 3.43. The minimum absolute atomic E-state index is 0.00552. The van der Waals surface area contributed by atoms with Crippen LogP contribution in [0.15, 0.2) is 24.3 Å². The van der Waals surface area contributed by atoms with E-state index in [1.165, 1.54) is 13.8 Å². The van der Waals surface area contributed by atoms with Crippen molar-refractivity contribution in [1.29, 1.82) is 0 Å². The SMILES string of the molecule is C=C(C)C(=O)OCC(O)CN(CCN(C(CO)COC(=O)C(=C)C)C(CC(=O)O)C(=O)O)C(CC(=O)O)C(=O)O. The summed E-state index contributed by atoms with van der Waals surface area (Å²) in [5.41, 5.74) is 0.0172. The first-order valence-corrected chi connectivity index (χ1v) is 11.8. The van der Waals surface area contributed by atoms with E-state index in [9.17, 15) is 59.4 Å². The fourth-order valence-electron chi connectivity index (χ4n) is 3.43. The molecule has 0 aromatic carbocycles. The zero-order valence-electron chi connectivity index (χ0n) is 22.2. The Morgan fingerprint density at radius 1 is 0.750 bits per heavy atom. The van der Waals surface area contributed by atoms with E-state index in [0.29, 0.717) is 0 Å². The van der Waals surface area contributed by atoms with E-state index in [-0.39, 0.29) is 11.1 Å². The van der Waals surface area contributed by atoms with Crippen LogP contribution in [0.3, 0.4) is 0 Å². The van der Waals surface area contributed by atoms with Crippen molar-refractivity contribution >= 4 is 35.8 Å². The summed E-state index contributed by atoms with van der Waals surface area (Å²) in [5.74, 6) is -7.96. The van der Waals surface area contributed by atoms with E-state index in [2.05, 4.69) is 13.2 Å². The normalized spacial score (nSPS) is 14.1. The maximum Gasteiger partial charge on any atom is 0.333 e. The van der Waals surface area contributed by atoms with Crippen LogP contribution in [-0.4, -0.2) is 140 Å². The zero-order valence-corrected chi connectivity index (χ0v) is 22.2. The summed E-state index contributed by atoms with van der Waals surface area (Å²) in [4.78, 5) is 72.0. The molecule has 0 aromatic rings. The van der Waals surface area contributed by atoms with Gasteiger partial charge in [-0.25, -0.2) is 9.59 Å². The van der Waals surface area contributed by atoms with Gasteiger partial charge in [0.2, 0.25) is 0 Å². The highest BCUT2D eigenvalue weighted by Gasteiger charge is 2.36. The third-order valence-electron chi connectivity index (χ3n) is 5.43. The molecule has 0 amide bonds. The Kier molecular flexibility index (Phi) is 16.0. The molecule has 0 fully saturated rings. The van der Waals surface area contributed by atoms with E-state index >= 15 is 0 Å². The van der Waals surface area contributed by atoms with E-state index in [1.807, 2.05) is 0 Å². The van der Waals surface area contributed by atoms with Crippen LogP contribution in [-0.2, 0) is 38.2 Å². The number of aliphatic hydroxyl groups excluding tert-OH is 2. The minimum Gasteiger partial charge on any atom is -0.481 e. The molecule has 0 heterocycles. The van der Waals surface area contributed by atoms with Crippen molar-refractivity contribution in [2.24, 2.45) is 0 Å². The smallest absolute Gasteiger partial charge is 0.333 e. The Balaban J connectivity index is 6.22. The van der Waals surface area contributed by atoms with Crippen molar-refractivity contribution < 1.29 is 68.9 Å². The lowest BCUT2D eigenvalue weighted by Crippen LogP contribution is -2.56. The molecule has 0 rings (SSSR count). The van der Waals surface area contributed by atoms with Gasteiger partial charge in [-0.3, -0.25) is 29.0 Å². The molecule has 4 atom stereocenters. The summed E-state index contributed by atoms with van der Waals surface area (Å²) in [6, 6.07) is -4.82. The third-order valence-corrected chi connectivity index (χ3v) is 5.43. The number of carbonyl (C=O) groups excluding carboxylic acids is 2. The topological polar surface area (TPSA) is 249 Å². The molecule has 0 aliphatic heterocycles. The van der Waals surface area contributed by atoms with Gasteiger partial charge in [-0.15, -0.1) is 0 Å². The quantitative estimate of drug-likeness (QED) is 0.0665. The molecule has 226 valence electrons. The predicted molar refractivity (Wildman–Crippen MR) is 134 cm³/mol. The van der Waals surface area contributed by atoms with Crippen LogP contribution >= 0.6 is 0 Å². The number of aliphatic hydroxyl groups is 2. The van der Waals surface area contributed by atoms with Crippen molar-refractivity contribution in [3.8, 4) is 0 Å². The molecule has 0 aliphatic rings. The lowest BCUT2D eigenvalue weighted by Gasteiger charge is -2.37. The number of carboxylic acids is 4. The van der Waals surface area contributed by atoms with Gasteiger partial charge in [-0.2, -0.15) is 0 Å². The molecule has 0 aromatic heterocycles. The van der Waals surface area contributed by atoms with Gasteiger partial charge in [0.1, 0.15) is 31.4 Å². The van der Waals surface area contributed by atoms with E-state index in [0.717, 1.165) is 9.80 Å². The molecule has 16 nitrogen and oxygen atoms in total. The van der Waals surface area contributed by atoms with Crippen molar-refractivity contribution in [2.45, 2.75) is 50.9 Å². The number of hydrogen-bond acceptors (Lipinski definition) is 12. The predicted octanol–water partition coefficient (Wildman–Crippen LogP) is -1.59. The Morgan fingerprint density at radius 2 is 1.20 bits per heavy atom. The number of rotatable bonds is 21. The first-order valence-electron chi connectivity index (χ1n) is 11.8. The molecule has 0 saturated carbocycles. The minimum atomic E-state index is -1.79. The molecule has 0 radical (unpaired) electrons. The van der Waals surface area contributed by atoms with Crippen LogP contribution in [0.4, 0.5) is 0 Å². The molecule has 40 heavy (non-hydrogen) atoms. The van der Waals surface area contributed by atoms with Gasteiger partial charge >= 0.3 is 35.8 Å². The number of aliphatic carboxylic acids is 4. The summed E-state index contributed by atoms with van der Waals surface area (Å²) >= 11 is 0. The van der Waals surface area contributed by atoms with Crippen molar-refractivity contribution in [1.82, 2.24) is 9.80 Å². The van der Waals surface area contributed by atoms with Crippen molar-refractivity contribution in [2.75, 3.05) is 39.5 Å². The second-order valence-electron chi connectivity index (χ2n) is 8.88. The number of carbonyl (C=O) groups is 6. The average molecular weight is 577 g/mol. The monoisotopic (exact) mass is 576 g/mol. The van der Waals surface area contributed by atoms with Gasteiger partial charge in [0.25, 0.3) is 0 Å². The van der Waals surface area contributed by atoms with Crippen LogP contribution in [0.2, 0.25) is 0 Å². The fraction of sp³-hybridized carbons (Fsp3) is 0.583. The van der Waals surface area contributed by atoms with Gasteiger partial charge < -0.3 is 40.1 Å². The summed E-state index contributed by atoms with van der Waals surface area (Å²) < 4.78 is 9.83. The Labute approximate surface area is 229 Å². The Bertz CT molecular complexity index is 965. The summed E-state index contributed by atoms with van der Waals surface area (Å²) in [6.45, 7) is 5.92. The van der Waals surface area contributed by atoms with E-state index < -0.39 is 112 Å². The highest BCUT2D eigenvalue weighted by Crippen LogP contribution is 2.15. The number of esters is 2. The third kappa shape index (κ3) is 13.3. The Hall–Kier alpha value is -3.86. The van der Waals surface area contributed by atoms with Crippen molar-refractivity contribution in [3.63, 3.8) is 0 Å². The molecular weight excluding hydrogens is 540 g/mol. The summed E-state index contributed by atoms with van der Waals surface area (Å²) in [5, 5.41) is 58.1. The second kappa shape index (κ2) is 17.7. The van der Waals surface area contributed by atoms with Crippen LogP contribution in [0.1, 0.15) is 26.7 Å².